The molecule has 0 saturated carbocycles. The molecule has 0 bridgehead atoms. The van der Waals surface area contributed by atoms with Gasteiger partial charge in [-0.2, -0.15) is 0 Å². The van der Waals surface area contributed by atoms with Gasteiger partial charge < -0.3 is 14.4 Å². The van der Waals surface area contributed by atoms with Gasteiger partial charge in [0.05, 0.1) is 18.7 Å². The number of halogens is 1. The highest BCUT2D eigenvalue weighted by atomic mass is 32.2. The number of aliphatic carboxylic acids is 1. The standard InChI is InChI=1S/C27H27FN2O4S2/c1-27(2,3)36(33)30-15-22-25(28)20(8-10-29-22)21-13-17(12-19-9-11-35-26(19)21)16-34-23-7-5-4-6-18(23)14-24(31)32/h4-13,30H,14-16H2,1-3H3,(H,31,32). The fraction of sp³-hybridized carbons (Fsp3) is 0.259. The second kappa shape index (κ2) is 11.0. The number of fused-ring (bicyclic) bond motifs is 1. The molecule has 0 spiro atoms. The highest BCUT2D eigenvalue weighted by Crippen LogP contribution is 2.36. The van der Waals surface area contributed by atoms with Crippen molar-refractivity contribution in [1.29, 1.82) is 0 Å². The van der Waals surface area contributed by atoms with Crippen LogP contribution in [0, 0.1) is 5.82 Å². The van der Waals surface area contributed by atoms with Crippen molar-refractivity contribution < 1.29 is 23.6 Å². The van der Waals surface area contributed by atoms with Gasteiger partial charge in [0.15, 0.2) is 5.82 Å². The van der Waals surface area contributed by atoms with Crippen LogP contribution < -0.4 is 9.46 Å². The lowest BCUT2D eigenvalue weighted by Gasteiger charge is -2.23. The summed E-state index contributed by atoms with van der Waals surface area (Å²) in [5.41, 5.74) is 2.73. The third kappa shape index (κ3) is 6.04. The zero-order chi connectivity index (χ0) is 25.9. The zero-order valence-electron chi connectivity index (χ0n) is 20.2. The smallest absolute Gasteiger partial charge is 0.307 e. The average molecular weight is 527 g/mol. The molecular formula is C27H27FN2O4S2. The van der Waals surface area contributed by atoms with E-state index in [4.69, 9.17) is 4.74 Å². The topological polar surface area (TPSA) is 94.5 Å². The minimum absolute atomic E-state index is 0.0420. The van der Waals surface area contributed by atoms with Crippen LogP contribution in [0.25, 0.3) is 21.2 Å². The van der Waals surface area contributed by atoms with E-state index in [9.17, 15) is 14.5 Å². The molecule has 0 aliphatic rings. The largest absolute Gasteiger partial charge is 0.598 e. The van der Waals surface area contributed by atoms with E-state index in [1.165, 1.54) is 11.3 Å². The molecule has 36 heavy (non-hydrogen) atoms. The van der Waals surface area contributed by atoms with Crippen LogP contribution in [0.1, 0.15) is 37.6 Å². The molecule has 4 aromatic rings. The molecule has 4 rings (SSSR count). The first-order chi connectivity index (χ1) is 17.1. The molecule has 6 nitrogen and oxygen atoms in total. The number of carbonyl (C=O) groups is 1. The van der Waals surface area contributed by atoms with E-state index in [0.717, 1.165) is 21.2 Å². The van der Waals surface area contributed by atoms with Crippen molar-refractivity contribution in [3.8, 4) is 16.9 Å². The Labute approximate surface area is 216 Å². The van der Waals surface area contributed by atoms with Crippen LogP contribution in [0.5, 0.6) is 5.75 Å². The maximum absolute atomic E-state index is 15.6. The number of carboxylic acids is 1. The highest BCUT2D eigenvalue weighted by molar-refractivity contribution is 7.90. The Morgan fingerprint density at radius 2 is 1.97 bits per heavy atom. The molecule has 0 radical (unpaired) electrons. The number of pyridine rings is 1. The Balaban J connectivity index is 1.63. The summed E-state index contributed by atoms with van der Waals surface area (Å²) in [5, 5.41) is 12.1. The van der Waals surface area contributed by atoms with E-state index in [1.54, 1.807) is 36.5 Å². The van der Waals surface area contributed by atoms with Crippen LogP contribution in [0.2, 0.25) is 0 Å². The number of aromatic nitrogens is 1. The van der Waals surface area contributed by atoms with Crippen molar-refractivity contribution >= 4 is 38.8 Å². The van der Waals surface area contributed by atoms with Crippen molar-refractivity contribution in [3.63, 3.8) is 0 Å². The SMILES string of the molecule is CC(C)(C)[S+]([O-])NCc1nccc(-c2cc(COc3ccccc3CC(=O)O)cc3ccsc23)c1F. The zero-order valence-corrected chi connectivity index (χ0v) is 21.8. The third-order valence-corrected chi connectivity index (χ3v) is 7.98. The number of hydrogen-bond acceptors (Lipinski definition) is 6. The van der Waals surface area contributed by atoms with Gasteiger partial charge >= 0.3 is 5.97 Å². The summed E-state index contributed by atoms with van der Waals surface area (Å²) in [6.45, 7) is 5.77. The van der Waals surface area contributed by atoms with Crippen molar-refractivity contribution in [1.82, 2.24) is 9.71 Å². The summed E-state index contributed by atoms with van der Waals surface area (Å²) in [4.78, 5) is 15.4. The maximum Gasteiger partial charge on any atom is 0.307 e. The fourth-order valence-electron chi connectivity index (χ4n) is 3.71. The van der Waals surface area contributed by atoms with E-state index < -0.39 is 27.9 Å². The van der Waals surface area contributed by atoms with Crippen LogP contribution >= 0.6 is 11.3 Å². The van der Waals surface area contributed by atoms with Crippen molar-refractivity contribution in [3.05, 3.63) is 82.7 Å². The number of para-hydroxylation sites is 1. The minimum atomic E-state index is -1.35. The third-order valence-electron chi connectivity index (χ3n) is 5.50. The number of carboxylic acid groups (broad SMARTS) is 1. The number of hydrogen-bond donors (Lipinski definition) is 2. The summed E-state index contributed by atoms with van der Waals surface area (Å²) in [6, 6.07) is 14.5. The van der Waals surface area contributed by atoms with E-state index in [-0.39, 0.29) is 25.3 Å². The number of nitrogens with zero attached hydrogens (tertiary/aromatic N) is 1. The summed E-state index contributed by atoms with van der Waals surface area (Å²) in [6.07, 6.45) is 1.42. The molecule has 9 heteroatoms. The fourth-order valence-corrected chi connectivity index (χ4v) is 5.32. The minimum Gasteiger partial charge on any atom is -0.598 e. The van der Waals surface area contributed by atoms with E-state index in [2.05, 4.69) is 9.71 Å². The Bertz CT molecular complexity index is 1380. The maximum atomic E-state index is 15.6. The van der Waals surface area contributed by atoms with Gasteiger partial charge in [-0.25, -0.2) is 4.39 Å². The summed E-state index contributed by atoms with van der Waals surface area (Å²) in [7, 11) is 0. The molecule has 0 aliphatic carbocycles. The second-order valence-corrected chi connectivity index (χ2v) is 12.2. The molecule has 2 heterocycles. The first-order valence-corrected chi connectivity index (χ1v) is 13.4. The van der Waals surface area contributed by atoms with Crippen molar-refractivity contribution in [2.45, 2.75) is 45.1 Å². The average Bonchev–Trinajstić information content (AvgIpc) is 3.30. The summed E-state index contributed by atoms with van der Waals surface area (Å²) < 4.78 is 37.3. The van der Waals surface area contributed by atoms with Crippen LogP contribution in [0.15, 0.2) is 60.1 Å². The summed E-state index contributed by atoms with van der Waals surface area (Å²) in [5.74, 6) is -0.893. The van der Waals surface area contributed by atoms with Crippen LogP contribution in [-0.4, -0.2) is 25.4 Å². The van der Waals surface area contributed by atoms with Gasteiger partial charge in [-0.05, 0) is 67.4 Å². The quantitative estimate of drug-likeness (QED) is 0.265. The number of thiophene rings is 1. The lowest BCUT2D eigenvalue weighted by molar-refractivity contribution is -0.136. The summed E-state index contributed by atoms with van der Waals surface area (Å²) >= 11 is 0.169. The van der Waals surface area contributed by atoms with E-state index >= 15 is 4.39 Å². The Morgan fingerprint density at radius 1 is 1.19 bits per heavy atom. The first-order valence-electron chi connectivity index (χ1n) is 11.3. The number of nitrogens with one attached hydrogen (secondary N) is 1. The van der Waals surface area contributed by atoms with Gasteiger partial charge in [0.2, 0.25) is 0 Å². The van der Waals surface area contributed by atoms with Gasteiger partial charge in [-0.15, -0.1) is 16.1 Å². The number of benzene rings is 2. The molecule has 0 amide bonds. The molecule has 188 valence electrons. The van der Waals surface area contributed by atoms with E-state index in [0.29, 0.717) is 16.9 Å². The highest BCUT2D eigenvalue weighted by Gasteiger charge is 2.27. The van der Waals surface area contributed by atoms with Gasteiger partial charge in [-0.3, -0.25) is 9.78 Å². The molecule has 0 fully saturated rings. The lowest BCUT2D eigenvalue weighted by Crippen LogP contribution is -2.39. The molecule has 2 aromatic carbocycles. The van der Waals surface area contributed by atoms with Gasteiger partial charge in [0, 0.05) is 38.9 Å². The molecule has 2 N–H and O–H groups in total. The van der Waals surface area contributed by atoms with E-state index in [1.807, 2.05) is 44.4 Å². The van der Waals surface area contributed by atoms with Crippen LogP contribution in [0.3, 0.4) is 0 Å². The monoisotopic (exact) mass is 526 g/mol. The molecule has 2 aromatic heterocycles. The predicted octanol–water partition coefficient (Wildman–Crippen LogP) is 5.86. The lowest BCUT2D eigenvalue weighted by atomic mass is 10.0. The predicted molar refractivity (Wildman–Crippen MR) is 142 cm³/mol. The van der Waals surface area contributed by atoms with Gasteiger partial charge in [0.1, 0.15) is 17.1 Å². The Kier molecular flexibility index (Phi) is 7.94. The van der Waals surface area contributed by atoms with Crippen LogP contribution in [0.4, 0.5) is 4.39 Å². The molecular weight excluding hydrogens is 499 g/mol. The Morgan fingerprint density at radius 3 is 2.72 bits per heavy atom. The molecule has 1 atom stereocenters. The molecule has 0 aliphatic heterocycles. The Hall–Kier alpha value is -2.98. The van der Waals surface area contributed by atoms with Crippen molar-refractivity contribution in [2.75, 3.05) is 0 Å². The second-order valence-electron chi connectivity index (χ2n) is 9.27. The van der Waals surface area contributed by atoms with Gasteiger partial charge in [-0.1, -0.05) is 18.2 Å². The van der Waals surface area contributed by atoms with Crippen LogP contribution in [-0.2, 0) is 35.7 Å². The molecule has 1 unspecified atom stereocenters. The normalized spacial score (nSPS) is 12.6. The first kappa shape index (κ1) is 26.1. The molecule has 0 saturated heterocycles. The van der Waals surface area contributed by atoms with Gasteiger partial charge in [0.25, 0.3) is 0 Å². The van der Waals surface area contributed by atoms with Crippen molar-refractivity contribution in [2.24, 2.45) is 0 Å². The number of rotatable bonds is 9. The number of ether oxygens (including phenoxy) is 1.